The van der Waals surface area contributed by atoms with Crippen LogP contribution in [-0.4, -0.2) is 5.78 Å². The molecule has 0 saturated heterocycles. The van der Waals surface area contributed by atoms with Crippen molar-refractivity contribution in [2.24, 2.45) is 0 Å². The molecule has 0 unspecified atom stereocenters. The number of hydrogen-bond acceptors (Lipinski definition) is 1. The Morgan fingerprint density at radius 3 is 1.84 bits per heavy atom. The van der Waals surface area contributed by atoms with Crippen LogP contribution >= 0.6 is 15.9 Å². The van der Waals surface area contributed by atoms with Gasteiger partial charge in [0.05, 0.1) is 0 Å². The summed E-state index contributed by atoms with van der Waals surface area (Å²) in [6.07, 6.45) is 0. The predicted molar refractivity (Wildman–Crippen MR) is 83.0 cm³/mol. The molecule has 2 heteroatoms. The van der Waals surface area contributed by atoms with Crippen molar-refractivity contribution in [2.45, 2.75) is 27.7 Å². The molecule has 0 aliphatic rings. The van der Waals surface area contributed by atoms with E-state index >= 15 is 0 Å². The SMILES string of the molecule is Cc1ccc(C(=O)c2cc(C)c(Br)c(C)c2)cc1C. The quantitative estimate of drug-likeness (QED) is 0.719. The number of benzene rings is 2. The van der Waals surface area contributed by atoms with Gasteiger partial charge in [-0.2, -0.15) is 0 Å². The van der Waals surface area contributed by atoms with E-state index in [0.717, 1.165) is 32.3 Å². The third-order valence-corrected chi connectivity index (χ3v) is 4.72. The molecule has 0 aliphatic carbocycles. The van der Waals surface area contributed by atoms with Gasteiger partial charge >= 0.3 is 0 Å². The summed E-state index contributed by atoms with van der Waals surface area (Å²) in [6, 6.07) is 9.74. The molecule has 2 rings (SSSR count). The van der Waals surface area contributed by atoms with Crippen LogP contribution in [0.2, 0.25) is 0 Å². The fourth-order valence-electron chi connectivity index (χ4n) is 2.13. The molecule has 0 amide bonds. The Balaban J connectivity index is 2.47. The monoisotopic (exact) mass is 316 g/mol. The molecule has 0 bridgehead atoms. The second-order valence-corrected chi connectivity index (χ2v) is 5.85. The van der Waals surface area contributed by atoms with Gasteiger partial charge in [0, 0.05) is 15.6 Å². The average Bonchev–Trinajstić information content (AvgIpc) is 2.37. The van der Waals surface area contributed by atoms with E-state index in [1.54, 1.807) is 0 Å². The van der Waals surface area contributed by atoms with E-state index in [-0.39, 0.29) is 5.78 Å². The van der Waals surface area contributed by atoms with Gasteiger partial charge in [-0.05, 0) is 68.1 Å². The van der Waals surface area contributed by atoms with Crippen LogP contribution in [0, 0.1) is 27.7 Å². The molecule has 98 valence electrons. The van der Waals surface area contributed by atoms with Crippen molar-refractivity contribution in [2.75, 3.05) is 0 Å². The van der Waals surface area contributed by atoms with Crippen molar-refractivity contribution in [1.29, 1.82) is 0 Å². The van der Waals surface area contributed by atoms with Gasteiger partial charge in [-0.25, -0.2) is 0 Å². The molecule has 0 heterocycles. The normalized spacial score (nSPS) is 10.6. The summed E-state index contributed by atoms with van der Waals surface area (Å²) in [5, 5.41) is 0. The Morgan fingerprint density at radius 1 is 0.789 bits per heavy atom. The summed E-state index contributed by atoms with van der Waals surface area (Å²) < 4.78 is 1.07. The van der Waals surface area contributed by atoms with Crippen LogP contribution in [0.5, 0.6) is 0 Å². The van der Waals surface area contributed by atoms with E-state index in [9.17, 15) is 4.79 Å². The topological polar surface area (TPSA) is 17.1 Å². The van der Waals surface area contributed by atoms with Crippen molar-refractivity contribution < 1.29 is 4.79 Å². The number of carbonyl (C=O) groups excluding carboxylic acids is 1. The minimum Gasteiger partial charge on any atom is -0.289 e. The van der Waals surface area contributed by atoms with E-state index in [4.69, 9.17) is 0 Å². The van der Waals surface area contributed by atoms with Gasteiger partial charge in [-0.1, -0.05) is 28.1 Å². The third-order valence-electron chi connectivity index (χ3n) is 3.47. The number of hydrogen-bond donors (Lipinski definition) is 0. The van der Waals surface area contributed by atoms with Crippen molar-refractivity contribution in [3.63, 3.8) is 0 Å². The van der Waals surface area contributed by atoms with Crippen molar-refractivity contribution >= 4 is 21.7 Å². The fraction of sp³-hybridized carbons (Fsp3) is 0.235. The van der Waals surface area contributed by atoms with Gasteiger partial charge in [0.15, 0.2) is 5.78 Å². The zero-order valence-corrected chi connectivity index (χ0v) is 13.3. The standard InChI is InChI=1S/C17H17BrO/c1-10-5-6-14(7-11(10)2)17(19)15-8-12(3)16(18)13(4)9-15/h5-9H,1-4H3. The molecular weight excluding hydrogens is 300 g/mol. The van der Waals surface area contributed by atoms with E-state index < -0.39 is 0 Å². The molecule has 0 radical (unpaired) electrons. The van der Waals surface area contributed by atoms with Gasteiger partial charge in [0.2, 0.25) is 0 Å². The minimum absolute atomic E-state index is 0.0850. The Kier molecular flexibility index (Phi) is 3.91. The van der Waals surface area contributed by atoms with Crippen LogP contribution in [0.4, 0.5) is 0 Å². The lowest BCUT2D eigenvalue weighted by Crippen LogP contribution is -2.03. The lowest BCUT2D eigenvalue weighted by molar-refractivity contribution is 0.103. The van der Waals surface area contributed by atoms with Crippen LogP contribution in [0.15, 0.2) is 34.8 Å². The highest BCUT2D eigenvalue weighted by Gasteiger charge is 2.12. The molecule has 0 aliphatic heterocycles. The van der Waals surface area contributed by atoms with Gasteiger partial charge in [-0.15, -0.1) is 0 Å². The van der Waals surface area contributed by atoms with Gasteiger partial charge < -0.3 is 0 Å². The lowest BCUT2D eigenvalue weighted by Gasteiger charge is -2.08. The predicted octanol–water partition coefficient (Wildman–Crippen LogP) is 4.91. The average molecular weight is 317 g/mol. The second kappa shape index (κ2) is 5.30. The zero-order valence-electron chi connectivity index (χ0n) is 11.7. The first kappa shape index (κ1) is 14.0. The number of ketones is 1. The zero-order chi connectivity index (χ0) is 14.2. The molecule has 1 nitrogen and oxygen atoms in total. The highest BCUT2D eigenvalue weighted by Crippen LogP contribution is 2.24. The summed E-state index contributed by atoms with van der Waals surface area (Å²) in [6.45, 7) is 8.10. The van der Waals surface area contributed by atoms with E-state index in [0.29, 0.717) is 0 Å². The van der Waals surface area contributed by atoms with E-state index in [1.807, 2.05) is 51.1 Å². The summed E-state index contributed by atoms with van der Waals surface area (Å²) in [4.78, 5) is 12.5. The molecule has 0 saturated carbocycles. The largest absolute Gasteiger partial charge is 0.289 e. The maximum Gasteiger partial charge on any atom is 0.193 e. The van der Waals surface area contributed by atoms with Crippen molar-refractivity contribution in [1.82, 2.24) is 0 Å². The fourth-order valence-corrected chi connectivity index (χ4v) is 2.36. The van der Waals surface area contributed by atoms with Crippen molar-refractivity contribution in [3.8, 4) is 0 Å². The smallest absolute Gasteiger partial charge is 0.193 e. The lowest BCUT2D eigenvalue weighted by atomic mass is 9.97. The minimum atomic E-state index is 0.0850. The first-order chi connectivity index (χ1) is 8.90. The molecule has 0 aromatic heterocycles. The van der Waals surface area contributed by atoms with Crippen LogP contribution < -0.4 is 0 Å². The Labute approximate surface area is 122 Å². The third kappa shape index (κ3) is 2.79. The Hall–Kier alpha value is -1.41. The number of carbonyl (C=O) groups is 1. The molecule has 19 heavy (non-hydrogen) atoms. The van der Waals surface area contributed by atoms with E-state index in [2.05, 4.69) is 22.9 Å². The number of aryl methyl sites for hydroxylation is 4. The summed E-state index contributed by atoms with van der Waals surface area (Å²) in [5.74, 6) is 0.0850. The second-order valence-electron chi connectivity index (χ2n) is 5.05. The van der Waals surface area contributed by atoms with Crippen LogP contribution in [0.3, 0.4) is 0 Å². The summed E-state index contributed by atoms with van der Waals surface area (Å²) in [5.41, 5.74) is 6.04. The maximum absolute atomic E-state index is 12.5. The van der Waals surface area contributed by atoms with Crippen LogP contribution in [0.1, 0.15) is 38.2 Å². The van der Waals surface area contributed by atoms with Crippen molar-refractivity contribution in [3.05, 3.63) is 68.2 Å². The maximum atomic E-state index is 12.5. The number of halogens is 1. The molecule has 0 fully saturated rings. The van der Waals surface area contributed by atoms with Crippen LogP contribution in [0.25, 0.3) is 0 Å². The van der Waals surface area contributed by atoms with Crippen LogP contribution in [-0.2, 0) is 0 Å². The Morgan fingerprint density at radius 2 is 1.32 bits per heavy atom. The van der Waals surface area contributed by atoms with Gasteiger partial charge in [0.25, 0.3) is 0 Å². The first-order valence-corrected chi connectivity index (χ1v) is 7.08. The molecule has 0 N–H and O–H groups in total. The molecule has 0 spiro atoms. The number of rotatable bonds is 2. The van der Waals surface area contributed by atoms with E-state index in [1.165, 1.54) is 5.56 Å². The Bertz CT molecular complexity index is 633. The highest BCUT2D eigenvalue weighted by atomic mass is 79.9. The molecule has 2 aromatic carbocycles. The highest BCUT2D eigenvalue weighted by molar-refractivity contribution is 9.10. The molecular formula is C17H17BrO. The molecule has 2 aromatic rings. The first-order valence-electron chi connectivity index (χ1n) is 6.29. The summed E-state index contributed by atoms with van der Waals surface area (Å²) >= 11 is 3.53. The molecule has 0 atom stereocenters. The summed E-state index contributed by atoms with van der Waals surface area (Å²) in [7, 11) is 0. The van der Waals surface area contributed by atoms with Gasteiger partial charge in [0.1, 0.15) is 0 Å². The van der Waals surface area contributed by atoms with Gasteiger partial charge in [-0.3, -0.25) is 4.79 Å².